The highest BCUT2D eigenvalue weighted by molar-refractivity contribution is 5.79. The molecule has 2 fully saturated rings. The molecule has 0 bridgehead atoms. The average Bonchev–Trinajstić information content (AvgIpc) is 3.62. The minimum absolute atomic E-state index is 0.0854. The lowest BCUT2D eigenvalue weighted by Gasteiger charge is -2.43. The number of carbonyl (C=O) groups is 2. The number of aliphatic hydroxyl groups is 1. The Labute approximate surface area is 372 Å². The van der Waals surface area contributed by atoms with Gasteiger partial charge in [0.2, 0.25) is 5.95 Å². The Balaban J connectivity index is 0.000000192. The van der Waals surface area contributed by atoms with E-state index in [0.29, 0.717) is 36.8 Å². The van der Waals surface area contributed by atoms with Crippen LogP contribution in [0.15, 0.2) is 96.6 Å². The molecule has 0 unspecified atom stereocenters. The third-order valence-corrected chi connectivity index (χ3v) is 13.6. The molecule has 3 heterocycles. The number of halogens is 1. The lowest BCUT2D eigenvalue weighted by molar-refractivity contribution is -0.162. The second-order valence-electron chi connectivity index (χ2n) is 18.4. The van der Waals surface area contributed by atoms with Crippen molar-refractivity contribution in [2.75, 3.05) is 32.1 Å². The molecule has 4 aliphatic rings. The number of allylic oxidation sites excluding steroid dienone is 3. The first kappa shape index (κ1) is 46.0. The molecule has 2 aliphatic carbocycles. The summed E-state index contributed by atoms with van der Waals surface area (Å²) in [5.41, 5.74) is 5.74. The van der Waals surface area contributed by atoms with Crippen LogP contribution in [0.4, 0.5) is 10.3 Å². The van der Waals surface area contributed by atoms with Crippen LogP contribution in [0.2, 0.25) is 0 Å². The first-order valence-corrected chi connectivity index (χ1v) is 23.3. The summed E-state index contributed by atoms with van der Waals surface area (Å²) in [5.74, 6) is 2.34. The standard InChI is InChI=1S/C28H31FN4O.C24H36O5/c1-34-25-12-8-21(9-13-25)14-17-32-18-15-24(16-19-32)30-28-31-26-4-2-3-5-27(26)33(28)20-22-6-10-23(29)11-7-22;1-5-15(3)24(27)29-21-11-14(2)10-17-7-6-16(4)20(23(17)21)9-8-19-12-18(25)13-22(26)28-19/h2-13,24H,14-20H2,1H3,(H,30,31);6-7,10,14-16,18-21,23,25H,5,8-9,11-13H2,1-4H3/t;14-,15-,16-,18+,19+,20-,21-,23-/m.0/s1. The first-order chi connectivity index (χ1) is 30.5. The SMILES string of the molecule is CC[C@H](C)C(=O)O[C@H]1C[C@@H](C)C=C2C=C[C@H](C)[C@H](CC[C@@H]3C[C@@H](O)CC(=O)O3)[C@H]21.COc1ccc(CCN2CCC(Nc3nc4ccccc4n3Cc3ccc(F)cc3)CC2)cc1. The fourth-order valence-electron chi connectivity index (χ4n) is 9.75. The van der Waals surface area contributed by atoms with Crippen molar-refractivity contribution in [1.82, 2.24) is 14.5 Å². The second kappa shape index (κ2) is 21.6. The van der Waals surface area contributed by atoms with E-state index < -0.39 is 6.10 Å². The molecule has 11 heteroatoms. The number of carbonyl (C=O) groups excluding carboxylic acids is 2. The van der Waals surface area contributed by atoms with Gasteiger partial charge in [0.25, 0.3) is 0 Å². The number of rotatable bonds is 14. The normalized spacial score (nSPS) is 25.5. The molecule has 8 rings (SSSR count). The van der Waals surface area contributed by atoms with Crippen molar-refractivity contribution in [1.29, 1.82) is 0 Å². The van der Waals surface area contributed by atoms with Gasteiger partial charge in [-0.1, -0.05) is 82.3 Å². The molecule has 8 atom stereocenters. The molecule has 4 aromatic rings. The van der Waals surface area contributed by atoms with Crippen LogP contribution in [0.1, 0.15) is 90.2 Å². The molecule has 0 saturated carbocycles. The maximum absolute atomic E-state index is 13.4. The number of benzene rings is 3. The predicted octanol–water partition coefficient (Wildman–Crippen LogP) is 9.55. The monoisotopic (exact) mass is 863 g/mol. The quantitative estimate of drug-likeness (QED) is 0.120. The summed E-state index contributed by atoms with van der Waals surface area (Å²) in [6.07, 6.45) is 12.9. The maximum atomic E-state index is 13.4. The Morgan fingerprint density at radius 2 is 1.73 bits per heavy atom. The summed E-state index contributed by atoms with van der Waals surface area (Å²) in [6, 6.07) is 23.7. The van der Waals surface area contributed by atoms with E-state index in [1.54, 1.807) is 7.11 Å². The van der Waals surface area contributed by atoms with E-state index in [2.05, 4.69) is 65.1 Å². The summed E-state index contributed by atoms with van der Waals surface area (Å²) in [7, 11) is 1.70. The van der Waals surface area contributed by atoms with Gasteiger partial charge < -0.3 is 34.1 Å². The number of imidazole rings is 1. The molecular weight excluding hydrogens is 796 g/mol. The zero-order chi connectivity index (χ0) is 44.5. The van der Waals surface area contributed by atoms with E-state index in [0.717, 1.165) is 92.9 Å². The lowest BCUT2D eigenvalue weighted by Crippen LogP contribution is -2.42. The molecule has 1 aromatic heterocycles. The summed E-state index contributed by atoms with van der Waals surface area (Å²) in [6.45, 7) is 12.2. The summed E-state index contributed by atoms with van der Waals surface area (Å²) in [5, 5.41) is 13.6. The third kappa shape index (κ3) is 12.2. The van der Waals surface area contributed by atoms with Crippen LogP contribution in [0.5, 0.6) is 5.75 Å². The van der Waals surface area contributed by atoms with Crippen LogP contribution in [0.3, 0.4) is 0 Å². The fraction of sp³-hybridized carbons (Fsp3) is 0.519. The number of aromatic nitrogens is 2. The molecule has 338 valence electrons. The summed E-state index contributed by atoms with van der Waals surface area (Å²) in [4.78, 5) is 31.6. The van der Waals surface area contributed by atoms with E-state index in [-0.39, 0.29) is 48.2 Å². The maximum Gasteiger partial charge on any atom is 0.308 e. The largest absolute Gasteiger partial charge is 0.497 e. The van der Waals surface area contributed by atoms with Gasteiger partial charge >= 0.3 is 11.9 Å². The fourth-order valence-corrected chi connectivity index (χ4v) is 9.75. The Morgan fingerprint density at radius 1 is 1.00 bits per heavy atom. The van der Waals surface area contributed by atoms with Gasteiger partial charge in [0, 0.05) is 38.0 Å². The summed E-state index contributed by atoms with van der Waals surface area (Å²) >= 11 is 0. The van der Waals surface area contributed by atoms with Gasteiger partial charge in [0.1, 0.15) is 23.8 Å². The number of para-hydroxylation sites is 2. The number of anilines is 1. The van der Waals surface area contributed by atoms with Crippen LogP contribution >= 0.6 is 0 Å². The molecule has 3 aromatic carbocycles. The number of esters is 2. The predicted molar refractivity (Wildman–Crippen MR) is 246 cm³/mol. The van der Waals surface area contributed by atoms with Gasteiger partial charge in [-0.05, 0) is 116 Å². The van der Waals surface area contributed by atoms with Gasteiger partial charge in [-0.2, -0.15) is 0 Å². The van der Waals surface area contributed by atoms with Gasteiger partial charge in [-0.15, -0.1) is 0 Å². The smallest absolute Gasteiger partial charge is 0.308 e. The molecule has 2 saturated heterocycles. The van der Waals surface area contributed by atoms with Gasteiger partial charge in [-0.3, -0.25) is 9.59 Å². The Kier molecular flexibility index (Phi) is 15.8. The molecular formula is C52H67FN4O6. The Morgan fingerprint density at radius 3 is 2.44 bits per heavy atom. The Bertz CT molecular complexity index is 2180. The van der Waals surface area contributed by atoms with Crippen LogP contribution < -0.4 is 10.1 Å². The molecule has 0 radical (unpaired) electrons. The van der Waals surface area contributed by atoms with Gasteiger partial charge in [0.15, 0.2) is 0 Å². The molecule has 2 aliphatic heterocycles. The highest BCUT2D eigenvalue weighted by Crippen LogP contribution is 2.45. The molecule has 10 nitrogen and oxygen atoms in total. The van der Waals surface area contributed by atoms with E-state index >= 15 is 0 Å². The number of cyclic esters (lactones) is 1. The van der Waals surface area contributed by atoms with Crippen molar-refractivity contribution >= 4 is 28.9 Å². The van der Waals surface area contributed by atoms with Crippen LogP contribution in [0.25, 0.3) is 11.0 Å². The minimum atomic E-state index is -0.597. The van der Waals surface area contributed by atoms with Crippen molar-refractivity contribution < 1.29 is 33.3 Å². The van der Waals surface area contributed by atoms with Crippen molar-refractivity contribution in [3.63, 3.8) is 0 Å². The van der Waals surface area contributed by atoms with E-state index in [4.69, 9.17) is 19.2 Å². The number of hydrogen-bond donors (Lipinski definition) is 2. The highest BCUT2D eigenvalue weighted by Gasteiger charge is 2.42. The second-order valence-corrected chi connectivity index (χ2v) is 18.4. The molecule has 0 amide bonds. The Hall–Kier alpha value is -5.00. The van der Waals surface area contributed by atoms with Crippen LogP contribution in [0, 0.1) is 35.4 Å². The number of piperidine rings is 1. The summed E-state index contributed by atoms with van der Waals surface area (Å²) < 4.78 is 32.3. The number of methoxy groups -OCH3 is 1. The van der Waals surface area contributed by atoms with Crippen molar-refractivity contribution in [3.8, 4) is 5.75 Å². The first-order valence-electron chi connectivity index (χ1n) is 23.3. The topological polar surface area (TPSA) is 115 Å². The molecule has 63 heavy (non-hydrogen) atoms. The van der Waals surface area contributed by atoms with Crippen LogP contribution in [-0.4, -0.2) is 82.6 Å². The van der Waals surface area contributed by atoms with E-state index in [9.17, 15) is 19.1 Å². The zero-order valence-corrected chi connectivity index (χ0v) is 37.8. The highest BCUT2D eigenvalue weighted by atomic mass is 19.1. The van der Waals surface area contributed by atoms with Crippen LogP contribution in [-0.2, 0) is 32.0 Å². The van der Waals surface area contributed by atoms with E-state index in [1.807, 2.05) is 56.3 Å². The molecule has 2 N–H and O–H groups in total. The van der Waals surface area contributed by atoms with E-state index in [1.165, 1.54) is 23.3 Å². The number of nitrogens with zero attached hydrogens (tertiary/aromatic N) is 3. The lowest BCUT2D eigenvalue weighted by atomic mass is 9.65. The van der Waals surface area contributed by atoms with Gasteiger partial charge in [0.05, 0.1) is 43.1 Å². The molecule has 0 spiro atoms. The van der Waals surface area contributed by atoms with Gasteiger partial charge in [-0.25, -0.2) is 9.37 Å². The van der Waals surface area contributed by atoms with Crippen molar-refractivity contribution in [2.24, 2.45) is 29.6 Å². The minimum Gasteiger partial charge on any atom is -0.497 e. The average molecular weight is 863 g/mol. The van der Waals surface area contributed by atoms with Crippen molar-refractivity contribution in [3.05, 3.63) is 114 Å². The number of hydrogen-bond acceptors (Lipinski definition) is 9. The zero-order valence-electron chi connectivity index (χ0n) is 37.8. The number of fused-ring (bicyclic) bond motifs is 2. The van der Waals surface area contributed by atoms with Crippen molar-refractivity contribution in [2.45, 2.75) is 116 Å². The number of nitrogens with one attached hydrogen (secondary N) is 1. The number of likely N-dealkylation sites (tertiary alicyclic amines) is 1. The number of aliphatic hydroxyl groups excluding tert-OH is 1. The number of ether oxygens (including phenoxy) is 3. The third-order valence-electron chi connectivity index (χ3n) is 13.6.